The third-order valence-corrected chi connectivity index (χ3v) is 5.56. The lowest BCUT2D eigenvalue weighted by Crippen LogP contribution is -2.35. The molecule has 0 atom stereocenters. The number of fused-ring (bicyclic) bond motifs is 1. The molecular weight excluding hydrogens is 350 g/mol. The molecule has 6 nitrogen and oxygen atoms in total. The Bertz CT molecular complexity index is 958. The topological polar surface area (TPSA) is 66.5 Å². The molecule has 1 saturated heterocycles. The van der Waals surface area contributed by atoms with Crippen molar-refractivity contribution in [3.05, 3.63) is 47.0 Å². The van der Waals surface area contributed by atoms with Crippen molar-refractivity contribution in [2.75, 3.05) is 20.1 Å². The molecule has 2 aliphatic rings. The van der Waals surface area contributed by atoms with Gasteiger partial charge >= 0.3 is 0 Å². The third-order valence-electron chi connectivity index (χ3n) is 5.56. The summed E-state index contributed by atoms with van der Waals surface area (Å²) in [6.45, 7) is 9.11. The predicted octanol–water partition coefficient (Wildman–Crippen LogP) is 3.15. The van der Waals surface area contributed by atoms with Gasteiger partial charge in [-0.05, 0) is 44.0 Å². The maximum Gasteiger partial charge on any atom is 0.229 e. The number of hydrogen-bond donors (Lipinski definition) is 1. The van der Waals surface area contributed by atoms with Gasteiger partial charge in [-0.2, -0.15) is 4.98 Å². The Morgan fingerprint density at radius 2 is 1.75 bits per heavy atom. The van der Waals surface area contributed by atoms with E-state index in [0.29, 0.717) is 29.6 Å². The SMILES string of the molecule is CN1CCC(N=c2nc(-c3ccc(C(C)(C)C)cc3)nc3n2CC(O)=C3)CC1. The number of nitrogens with zero attached hydrogens (tertiary/aromatic N) is 5. The molecule has 148 valence electrons. The molecule has 0 aliphatic carbocycles. The van der Waals surface area contributed by atoms with Crippen LogP contribution >= 0.6 is 0 Å². The minimum absolute atomic E-state index is 0.107. The number of rotatable bonds is 2. The van der Waals surface area contributed by atoms with E-state index in [-0.39, 0.29) is 11.5 Å². The Balaban J connectivity index is 1.74. The zero-order valence-electron chi connectivity index (χ0n) is 17.2. The number of aromatic nitrogens is 3. The molecule has 3 heterocycles. The van der Waals surface area contributed by atoms with Crippen LogP contribution in [0.5, 0.6) is 0 Å². The molecule has 0 spiro atoms. The van der Waals surface area contributed by atoms with Crippen LogP contribution in [0.2, 0.25) is 0 Å². The molecule has 0 radical (unpaired) electrons. The molecule has 0 bridgehead atoms. The molecule has 6 heteroatoms. The Labute approximate surface area is 166 Å². The molecule has 0 saturated carbocycles. The Hall–Kier alpha value is -2.47. The van der Waals surface area contributed by atoms with E-state index in [1.807, 2.05) is 4.57 Å². The number of aliphatic hydroxyl groups excluding tert-OH is 1. The first kappa shape index (κ1) is 18.9. The molecule has 1 fully saturated rings. The van der Waals surface area contributed by atoms with Crippen LogP contribution in [-0.4, -0.2) is 50.7 Å². The van der Waals surface area contributed by atoms with Gasteiger partial charge < -0.3 is 10.0 Å². The van der Waals surface area contributed by atoms with Gasteiger partial charge in [0, 0.05) is 11.6 Å². The van der Waals surface area contributed by atoms with E-state index >= 15 is 0 Å². The maximum absolute atomic E-state index is 10.0. The van der Waals surface area contributed by atoms with Crippen molar-refractivity contribution in [2.45, 2.75) is 51.6 Å². The number of hydrogen-bond acceptors (Lipinski definition) is 5. The highest BCUT2D eigenvalue weighted by Crippen LogP contribution is 2.25. The van der Waals surface area contributed by atoms with Crippen LogP contribution in [0.25, 0.3) is 17.5 Å². The van der Waals surface area contributed by atoms with Gasteiger partial charge in [-0.25, -0.2) is 9.98 Å². The molecule has 2 aromatic rings. The zero-order chi connectivity index (χ0) is 19.9. The van der Waals surface area contributed by atoms with Gasteiger partial charge in [0.25, 0.3) is 0 Å². The second kappa shape index (κ2) is 7.17. The fourth-order valence-corrected chi connectivity index (χ4v) is 3.70. The zero-order valence-corrected chi connectivity index (χ0v) is 17.2. The highest BCUT2D eigenvalue weighted by atomic mass is 16.3. The van der Waals surface area contributed by atoms with E-state index in [4.69, 9.17) is 9.98 Å². The summed E-state index contributed by atoms with van der Waals surface area (Å²) in [5, 5.41) is 10.0. The number of aliphatic hydroxyl groups is 1. The van der Waals surface area contributed by atoms with Crippen molar-refractivity contribution in [3.8, 4) is 11.4 Å². The van der Waals surface area contributed by atoms with Crippen molar-refractivity contribution in [1.82, 2.24) is 19.4 Å². The summed E-state index contributed by atoms with van der Waals surface area (Å²) in [6.07, 6.45) is 3.78. The van der Waals surface area contributed by atoms with Crippen molar-refractivity contribution in [1.29, 1.82) is 0 Å². The van der Waals surface area contributed by atoms with E-state index in [9.17, 15) is 5.11 Å². The summed E-state index contributed by atoms with van der Waals surface area (Å²) in [5.41, 5.74) is 3.02. The smallest absolute Gasteiger partial charge is 0.229 e. The Morgan fingerprint density at radius 1 is 1.07 bits per heavy atom. The molecule has 1 aromatic carbocycles. The van der Waals surface area contributed by atoms with Crippen molar-refractivity contribution in [3.63, 3.8) is 0 Å². The fraction of sp³-hybridized carbons (Fsp3) is 0.500. The van der Waals surface area contributed by atoms with E-state index < -0.39 is 0 Å². The van der Waals surface area contributed by atoms with Crippen LogP contribution in [0.3, 0.4) is 0 Å². The highest BCUT2D eigenvalue weighted by molar-refractivity contribution is 5.58. The summed E-state index contributed by atoms with van der Waals surface area (Å²) in [7, 11) is 2.15. The molecule has 0 unspecified atom stereocenters. The lowest BCUT2D eigenvalue weighted by atomic mass is 9.87. The monoisotopic (exact) mass is 379 g/mol. The molecule has 2 aliphatic heterocycles. The van der Waals surface area contributed by atoms with Crippen molar-refractivity contribution in [2.24, 2.45) is 4.99 Å². The van der Waals surface area contributed by atoms with E-state index in [1.54, 1.807) is 6.08 Å². The first-order valence-electron chi connectivity index (χ1n) is 10.0. The molecule has 0 amide bonds. The molecule has 1 N–H and O–H groups in total. The van der Waals surface area contributed by atoms with Crippen LogP contribution in [0.4, 0.5) is 0 Å². The molecular formula is C22H29N5O. The van der Waals surface area contributed by atoms with Gasteiger partial charge in [-0.1, -0.05) is 45.0 Å². The van der Waals surface area contributed by atoms with Crippen LogP contribution in [0.15, 0.2) is 35.0 Å². The normalized spacial score (nSPS) is 19.0. The van der Waals surface area contributed by atoms with Gasteiger partial charge in [-0.3, -0.25) is 4.57 Å². The van der Waals surface area contributed by atoms with Gasteiger partial charge in [0.2, 0.25) is 5.62 Å². The van der Waals surface area contributed by atoms with E-state index in [1.165, 1.54) is 5.56 Å². The van der Waals surface area contributed by atoms with Crippen molar-refractivity contribution < 1.29 is 5.11 Å². The second-order valence-corrected chi connectivity index (χ2v) is 8.92. The van der Waals surface area contributed by atoms with Gasteiger partial charge in [0.1, 0.15) is 11.6 Å². The quantitative estimate of drug-likeness (QED) is 0.870. The average Bonchev–Trinajstić information content (AvgIpc) is 3.03. The number of benzene rings is 1. The van der Waals surface area contributed by atoms with Crippen LogP contribution in [0, 0.1) is 0 Å². The first-order chi connectivity index (χ1) is 13.3. The van der Waals surface area contributed by atoms with Crippen molar-refractivity contribution >= 4 is 6.08 Å². The summed E-state index contributed by atoms with van der Waals surface area (Å²) >= 11 is 0. The lowest BCUT2D eigenvalue weighted by Gasteiger charge is -2.26. The van der Waals surface area contributed by atoms with Crippen LogP contribution < -0.4 is 5.62 Å². The number of piperidine rings is 1. The minimum atomic E-state index is 0.107. The lowest BCUT2D eigenvalue weighted by molar-refractivity contribution is 0.254. The van der Waals surface area contributed by atoms with E-state index in [2.05, 4.69) is 62.0 Å². The van der Waals surface area contributed by atoms with Gasteiger partial charge in [-0.15, -0.1) is 0 Å². The Kier molecular flexibility index (Phi) is 4.83. The van der Waals surface area contributed by atoms with Crippen LogP contribution in [0.1, 0.15) is 45.0 Å². The largest absolute Gasteiger partial charge is 0.510 e. The second-order valence-electron chi connectivity index (χ2n) is 8.92. The fourth-order valence-electron chi connectivity index (χ4n) is 3.70. The number of likely N-dealkylation sites (tertiary alicyclic amines) is 1. The third kappa shape index (κ3) is 3.87. The molecule has 1 aromatic heterocycles. The summed E-state index contributed by atoms with van der Waals surface area (Å²) in [5.74, 6) is 1.67. The summed E-state index contributed by atoms with van der Waals surface area (Å²) < 4.78 is 1.90. The predicted molar refractivity (Wildman–Crippen MR) is 111 cm³/mol. The van der Waals surface area contributed by atoms with Crippen LogP contribution in [-0.2, 0) is 12.0 Å². The first-order valence-corrected chi connectivity index (χ1v) is 10.0. The maximum atomic E-state index is 10.0. The molecule has 4 rings (SSSR count). The summed E-state index contributed by atoms with van der Waals surface area (Å²) in [4.78, 5) is 16.7. The van der Waals surface area contributed by atoms with E-state index in [0.717, 1.165) is 31.5 Å². The average molecular weight is 380 g/mol. The summed E-state index contributed by atoms with van der Waals surface area (Å²) in [6, 6.07) is 8.69. The Morgan fingerprint density at radius 3 is 2.39 bits per heavy atom. The molecule has 28 heavy (non-hydrogen) atoms. The standard InChI is InChI=1S/C22H29N5O/c1-22(2,3)16-7-5-15(6-8-16)20-24-19-13-18(28)14-27(19)21(25-20)23-17-9-11-26(4)12-10-17/h5-8,13,17,28H,9-12,14H2,1-4H3. The van der Waals surface area contributed by atoms with Gasteiger partial charge in [0.05, 0.1) is 12.6 Å². The highest BCUT2D eigenvalue weighted by Gasteiger charge is 2.20. The minimum Gasteiger partial charge on any atom is -0.510 e. The number of allylic oxidation sites excluding steroid dienone is 1. The van der Waals surface area contributed by atoms with Gasteiger partial charge in [0.15, 0.2) is 5.82 Å².